The number of carbonyl (C=O) groups excluding carboxylic acids is 2. The zero-order valence-electron chi connectivity index (χ0n) is 16.4. The van der Waals surface area contributed by atoms with E-state index >= 15 is 0 Å². The van der Waals surface area contributed by atoms with Crippen LogP contribution in [-0.2, 0) is 11.3 Å². The smallest absolute Gasteiger partial charge is 0.255 e. The molecule has 0 aliphatic carbocycles. The molecule has 0 fully saturated rings. The van der Waals surface area contributed by atoms with Crippen molar-refractivity contribution in [1.82, 2.24) is 14.9 Å². The van der Waals surface area contributed by atoms with Crippen molar-refractivity contribution in [3.63, 3.8) is 0 Å². The van der Waals surface area contributed by atoms with E-state index in [4.69, 9.17) is 0 Å². The number of nitrogens with zero attached hydrogens (tertiary/aromatic N) is 3. The number of thiazole rings is 1. The fourth-order valence-electron chi connectivity index (χ4n) is 3.75. The molecular formula is C24H18N4O2S. The Morgan fingerprint density at radius 3 is 2.52 bits per heavy atom. The van der Waals surface area contributed by atoms with Crippen molar-refractivity contribution >= 4 is 28.3 Å². The molecule has 1 N–H and O–H groups in total. The molecule has 3 heterocycles. The van der Waals surface area contributed by atoms with Gasteiger partial charge >= 0.3 is 0 Å². The van der Waals surface area contributed by atoms with Gasteiger partial charge in [0, 0.05) is 35.4 Å². The lowest BCUT2D eigenvalue weighted by molar-refractivity contribution is -0.120. The molecule has 31 heavy (non-hydrogen) atoms. The molecule has 0 radical (unpaired) electrons. The maximum absolute atomic E-state index is 13.4. The lowest BCUT2D eigenvalue weighted by Gasteiger charge is -2.27. The van der Waals surface area contributed by atoms with Gasteiger partial charge in [0.15, 0.2) is 5.13 Å². The zero-order valence-corrected chi connectivity index (χ0v) is 17.3. The van der Waals surface area contributed by atoms with Crippen molar-refractivity contribution in [2.75, 3.05) is 5.32 Å². The van der Waals surface area contributed by atoms with Crippen LogP contribution < -0.4 is 5.32 Å². The van der Waals surface area contributed by atoms with Crippen molar-refractivity contribution < 1.29 is 9.59 Å². The number of amides is 2. The molecule has 2 aromatic carbocycles. The van der Waals surface area contributed by atoms with Gasteiger partial charge in [-0.1, -0.05) is 48.5 Å². The standard InChI is InChI=1S/C24H18N4O2S/c29-22(27-24-26-20(15-31-24)16-10-12-25-13-11-16)21(17-6-2-1-3-7-17)28-14-18-8-4-5-9-19(18)23(28)30/h1-13,15,21H,14H2,(H,26,27,29). The van der Waals surface area contributed by atoms with E-state index in [9.17, 15) is 9.59 Å². The SMILES string of the molecule is O=C(Nc1nc(-c2ccncc2)cs1)C(c1ccccc1)N1Cc2ccccc2C1=O. The van der Waals surface area contributed by atoms with E-state index in [1.165, 1.54) is 11.3 Å². The second-order valence-electron chi connectivity index (χ2n) is 7.17. The molecule has 0 saturated heterocycles. The van der Waals surface area contributed by atoms with E-state index in [2.05, 4.69) is 15.3 Å². The minimum absolute atomic E-state index is 0.142. The van der Waals surface area contributed by atoms with Crippen LogP contribution in [-0.4, -0.2) is 26.7 Å². The summed E-state index contributed by atoms with van der Waals surface area (Å²) in [6.45, 7) is 0.391. The third kappa shape index (κ3) is 3.71. The molecule has 5 rings (SSSR count). The van der Waals surface area contributed by atoms with Gasteiger partial charge in [-0.05, 0) is 29.3 Å². The highest BCUT2D eigenvalue weighted by atomic mass is 32.1. The number of nitrogens with one attached hydrogen (secondary N) is 1. The van der Waals surface area contributed by atoms with Gasteiger partial charge in [0.1, 0.15) is 6.04 Å². The third-order valence-corrected chi connectivity index (χ3v) is 5.99. The molecule has 0 bridgehead atoms. The van der Waals surface area contributed by atoms with Crippen LogP contribution in [0.15, 0.2) is 84.5 Å². The number of fused-ring (bicyclic) bond motifs is 1. The number of pyridine rings is 1. The van der Waals surface area contributed by atoms with Crippen molar-refractivity contribution in [2.24, 2.45) is 0 Å². The first-order chi connectivity index (χ1) is 15.2. The molecule has 4 aromatic rings. The maximum atomic E-state index is 13.4. The summed E-state index contributed by atoms with van der Waals surface area (Å²) in [6, 6.07) is 19.8. The molecule has 1 atom stereocenters. The van der Waals surface area contributed by atoms with Crippen LogP contribution in [0.25, 0.3) is 11.3 Å². The van der Waals surface area contributed by atoms with Gasteiger partial charge in [0.2, 0.25) is 0 Å². The Morgan fingerprint density at radius 1 is 1.00 bits per heavy atom. The van der Waals surface area contributed by atoms with E-state index < -0.39 is 6.04 Å². The van der Waals surface area contributed by atoms with Crippen molar-refractivity contribution in [1.29, 1.82) is 0 Å². The number of rotatable bonds is 5. The Morgan fingerprint density at radius 2 is 1.74 bits per heavy atom. The van der Waals surface area contributed by atoms with E-state index in [1.807, 2.05) is 66.0 Å². The molecule has 2 aromatic heterocycles. The molecule has 0 saturated carbocycles. The normalized spacial score (nSPS) is 13.7. The summed E-state index contributed by atoms with van der Waals surface area (Å²) in [5.74, 6) is -0.431. The first-order valence-electron chi connectivity index (χ1n) is 9.81. The molecular weight excluding hydrogens is 408 g/mol. The van der Waals surface area contributed by atoms with Gasteiger partial charge in [0.25, 0.3) is 11.8 Å². The number of benzene rings is 2. The Bertz CT molecular complexity index is 1240. The van der Waals surface area contributed by atoms with Crippen LogP contribution in [0.4, 0.5) is 5.13 Å². The van der Waals surface area contributed by atoms with E-state index in [-0.39, 0.29) is 11.8 Å². The van der Waals surface area contributed by atoms with E-state index in [1.54, 1.807) is 23.4 Å². The molecule has 2 amide bonds. The van der Waals surface area contributed by atoms with Crippen LogP contribution in [0.1, 0.15) is 27.5 Å². The van der Waals surface area contributed by atoms with Crippen molar-refractivity contribution in [3.05, 3.63) is 101 Å². The van der Waals surface area contributed by atoms with Crippen LogP contribution in [0.5, 0.6) is 0 Å². The lowest BCUT2D eigenvalue weighted by Crippen LogP contribution is -2.37. The predicted molar refractivity (Wildman–Crippen MR) is 119 cm³/mol. The van der Waals surface area contributed by atoms with Crippen molar-refractivity contribution in [3.8, 4) is 11.3 Å². The van der Waals surface area contributed by atoms with Gasteiger partial charge in [-0.3, -0.25) is 19.9 Å². The summed E-state index contributed by atoms with van der Waals surface area (Å²) in [4.78, 5) is 36.7. The topological polar surface area (TPSA) is 75.2 Å². The summed E-state index contributed by atoms with van der Waals surface area (Å²) in [5.41, 5.74) is 4.02. The molecule has 1 aliphatic heterocycles. The fourth-order valence-corrected chi connectivity index (χ4v) is 4.48. The Balaban J connectivity index is 1.44. The van der Waals surface area contributed by atoms with E-state index in [0.717, 1.165) is 22.4 Å². The van der Waals surface area contributed by atoms with Crippen LogP contribution in [0.3, 0.4) is 0 Å². The van der Waals surface area contributed by atoms with E-state index in [0.29, 0.717) is 17.2 Å². The number of aromatic nitrogens is 2. The number of anilines is 1. The summed E-state index contributed by atoms with van der Waals surface area (Å²) in [5, 5.41) is 5.29. The number of hydrogen-bond acceptors (Lipinski definition) is 5. The van der Waals surface area contributed by atoms with Gasteiger partial charge in [-0.15, -0.1) is 11.3 Å². The highest BCUT2D eigenvalue weighted by Crippen LogP contribution is 2.33. The number of hydrogen-bond donors (Lipinski definition) is 1. The molecule has 1 unspecified atom stereocenters. The second-order valence-corrected chi connectivity index (χ2v) is 8.02. The highest BCUT2D eigenvalue weighted by Gasteiger charge is 2.37. The van der Waals surface area contributed by atoms with Gasteiger partial charge in [0.05, 0.1) is 5.69 Å². The number of carbonyl (C=O) groups is 2. The maximum Gasteiger partial charge on any atom is 0.255 e. The van der Waals surface area contributed by atoms with Crippen molar-refractivity contribution in [2.45, 2.75) is 12.6 Å². The minimum Gasteiger partial charge on any atom is -0.318 e. The molecule has 1 aliphatic rings. The highest BCUT2D eigenvalue weighted by molar-refractivity contribution is 7.14. The van der Waals surface area contributed by atoms with Crippen LogP contribution in [0, 0.1) is 0 Å². The summed E-state index contributed by atoms with van der Waals surface area (Å²) in [6.07, 6.45) is 3.41. The monoisotopic (exact) mass is 426 g/mol. The molecule has 152 valence electrons. The zero-order chi connectivity index (χ0) is 21.2. The summed E-state index contributed by atoms with van der Waals surface area (Å²) < 4.78 is 0. The van der Waals surface area contributed by atoms with Crippen LogP contribution in [0.2, 0.25) is 0 Å². The average Bonchev–Trinajstić information content (AvgIpc) is 3.40. The van der Waals surface area contributed by atoms with Gasteiger partial charge < -0.3 is 4.90 Å². The molecule has 0 spiro atoms. The lowest BCUT2D eigenvalue weighted by atomic mass is 10.0. The Labute approximate surface area is 183 Å². The molecule has 7 heteroatoms. The summed E-state index contributed by atoms with van der Waals surface area (Å²) >= 11 is 1.35. The quantitative estimate of drug-likeness (QED) is 0.508. The largest absolute Gasteiger partial charge is 0.318 e. The Hall–Kier alpha value is -3.84. The fraction of sp³-hybridized carbons (Fsp3) is 0.0833. The minimum atomic E-state index is -0.755. The first-order valence-corrected chi connectivity index (χ1v) is 10.7. The average molecular weight is 427 g/mol. The molecule has 6 nitrogen and oxygen atoms in total. The third-order valence-electron chi connectivity index (χ3n) is 5.24. The summed E-state index contributed by atoms with van der Waals surface area (Å²) in [7, 11) is 0. The van der Waals surface area contributed by atoms with Crippen LogP contribution >= 0.6 is 11.3 Å². The Kier molecular flexibility index (Phi) is 5.01. The van der Waals surface area contributed by atoms with Gasteiger partial charge in [-0.2, -0.15) is 0 Å². The second kappa shape index (κ2) is 8.12. The first kappa shape index (κ1) is 19.1. The van der Waals surface area contributed by atoms with Gasteiger partial charge in [-0.25, -0.2) is 4.98 Å². The predicted octanol–water partition coefficient (Wildman–Crippen LogP) is 4.54.